The van der Waals surface area contributed by atoms with Gasteiger partial charge in [-0.3, -0.25) is 0 Å². The van der Waals surface area contributed by atoms with E-state index in [0.717, 1.165) is 18.9 Å². The van der Waals surface area contributed by atoms with Gasteiger partial charge in [0.05, 0.1) is 18.9 Å². The lowest BCUT2D eigenvalue weighted by Crippen LogP contribution is -2.26. The second-order valence-electron chi connectivity index (χ2n) is 5.81. The quantitative estimate of drug-likeness (QED) is 0.794. The smallest absolute Gasteiger partial charge is 0.123 e. The SMILES string of the molecule is Cc1ccccc1CNC(COCC(C)C)c1ccco1. The maximum Gasteiger partial charge on any atom is 0.123 e. The Labute approximate surface area is 127 Å². The number of nitrogens with one attached hydrogen (secondary N) is 1. The highest BCUT2D eigenvalue weighted by Gasteiger charge is 2.14. The molecule has 0 aliphatic rings. The number of hydrogen-bond acceptors (Lipinski definition) is 3. The van der Waals surface area contributed by atoms with Gasteiger partial charge in [-0.1, -0.05) is 38.1 Å². The molecule has 0 saturated heterocycles. The minimum atomic E-state index is 0.0818. The average molecular weight is 287 g/mol. The fourth-order valence-electron chi connectivity index (χ4n) is 2.19. The van der Waals surface area contributed by atoms with Crippen LogP contribution in [0.1, 0.15) is 36.8 Å². The molecule has 1 unspecified atom stereocenters. The van der Waals surface area contributed by atoms with Crippen molar-refractivity contribution in [2.24, 2.45) is 5.92 Å². The van der Waals surface area contributed by atoms with E-state index in [9.17, 15) is 0 Å². The summed E-state index contributed by atoms with van der Waals surface area (Å²) in [5.41, 5.74) is 2.60. The van der Waals surface area contributed by atoms with Crippen LogP contribution in [0.5, 0.6) is 0 Å². The molecule has 114 valence electrons. The first-order valence-corrected chi connectivity index (χ1v) is 7.56. The van der Waals surface area contributed by atoms with Gasteiger partial charge >= 0.3 is 0 Å². The van der Waals surface area contributed by atoms with Gasteiger partial charge in [0.15, 0.2) is 0 Å². The Morgan fingerprint density at radius 1 is 1.10 bits per heavy atom. The van der Waals surface area contributed by atoms with Crippen LogP contribution in [0.4, 0.5) is 0 Å². The first-order valence-electron chi connectivity index (χ1n) is 7.56. The van der Waals surface area contributed by atoms with Gasteiger partial charge < -0.3 is 14.5 Å². The zero-order valence-electron chi connectivity index (χ0n) is 13.1. The minimum absolute atomic E-state index is 0.0818. The van der Waals surface area contributed by atoms with Crippen LogP contribution in [0.3, 0.4) is 0 Å². The van der Waals surface area contributed by atoms with Gasteiger partial charge in [0.2, 0.25) is 0 Å². The highest BCUT2D eigenvalue weighted by atomic mass is 16.5. The summed E-state index contributed by atoms with van der Waals surface area (Å²) >= 11 is 0. The van der Waals surface area contributed by atoms with Crippen molar-refractivity contribution in [2.45, 2.75) is 33.4 Å². The molecule has 0 aliphatic carbocycles. The summed E-state index contributed by atoms with van der Waals surface area (Å²) in [5, 5.41) is 3.53. The van der Waals surface area contributed by atoms with Gasteiger partial charge in [0.25, 0.3) is 0 Å². The molecule has 0 saturated carbocycles. The highest BCUT2D eigenvalue weighted by molar-refractivity contribution is 5.25. The molecule has 1 N–H and O–H groups in total. The van der Waals surface area contributed by atoms with E-state index in [2.05, 4.69) is 50.4 Å². The van der Waals surface area contributed by atoms with Crippen LogP contribution in [-0.2, 0) is 11.3 Å². The predicted molar refractivity (Wildman–Crippen MR) is 85.1 cm³/mol. The molecule has 1 heterocycles. The standard InChI is InChI=1S/C18H25NO2/c1-14(2)12-20-13-17(18-9-6-10-21-18)19-11-16-8-5-4-7-15(16)3/h4-10,14,17,19H,11-13H2,1-3H3. The van der Waals surface area contributed by atoms with Crippen molar-refractivity contribution < 1.29 is 9.15 Å². The normalized spacial score (nSPS) is 12.8. The molecule has 0 aliphatic heterocycles. The maximum absolute atomic E-state index is 5.78. The molecule has 2 rings (SSSR count). The lowest BCUT2D eigenvalue weighted by atomic mass is 10.1. The van der Waals surface area contributed by atoms with E-state index < -0.39 is 0 Å². The van der Waals surface area contributed by atoms with Crippen molar-refractivity contribution in [3.63, 3.8) is 0 Å². The third-order valence-corrected chi connectivity index (χ3v) is 3.42. The second kappa shape index (κ2) is 8.01. The molecule has 2 aromatic rings. The van der Waals surface area contributed by atoms with Crippen LogP contribution in [-0.4, -0.2) is 13.2 Å². The Balaban J connectivity index is 1.94. The molecular weight excluding hydrogens is 262 g/mol. The number of ether oxygens (including phenoxy) is 1. The number of benzene rings is 1. The van der Waals surface area contributed by atoms with E-state index in [1.807, 2.05) is 12.1 Å². The molecule has 0 bridgehead atoms. The van der Waals surface area contributed by atoms with Crippen LogP contribution in [0.2, 0.25) is 0 Å². The Bertz CT molecular complexity index is 520. The molecule has 0 fully saturated rings. The summed E-state index contributed by atoms with van der Waals surface area (Å²) in [5.74, 6) is 1.46. The number of rotatable bonds is 8. The van der Waals surface area contributed by atoms with Crippen LogP contribution in [0.15, 0.2) is 47.1 Å². The third-order valence-electron chi connectivity index (χ3n) is 3.42. The zero-order chi connectivity index (χ0) is 15.1. The number of aryl methyl sites for hydroxylation is 1. The molecular formula is C18H25NO2. The van der Waals surface area contributed by atoms with Crippen LogP contribution < -0.4 is 5.32 Å². The predicted octanol–water partition coefficient (Wildman–Crippen LogP) is 4.09. The largest absolute Gasteiger partial charge is 0.468 e. The van der Waals surface area contributed by atoms with E-state index in [0.29, 0.717) is 12.5 Å². The lowest BCUT2D eigenvalue weighted by molar-refractivity contribution is 0.0844. The van der Waals surface area contributed by atoms with Crippen molar-refractivity contribution in [1.29, 1.82) is 0 Å². The number of furan rings is 1. The number of hydrogen-bond donors (Lipinski definition) is 1. The summed E-state index contributed by atoms with van der Waals surface area (Å²) in [6.07, 6.45) is 1.71. The van der Waals surface area contributed by atoms with Crippen LogP contribution >= 0.6 is 0 Å². The zero-order valence-corrected chi connectivity index (χ0v) is 13.1. The minimum Gasteiger partial charge on any atom is -0.468 e. The van der Waals surface area contributed by atoms with Gasteiger partial charge in [-0.25, -0.2) is 0 Å². The average Bonchev–Trinajstić information content (AvgIpc) is 2.98. The van der Waals surface area contributed by atoms with Crippen LogP contribution in [0, 0.1) is 12.8 Å². The van der Waals surface area contributed by atoms with Gasteiger partial charge in [0.1, 0.15) is 5.76 Å². The first kappa shape index (κ1) is 15.8. The molecule has 1 aromatic heterocycles. The molecule has 1 atom stereocenters. The molecule has 0 amide bonds. The maximum atomic E-state index is 5.78. The summed E-state index contributed by atoms with van der Waals surface area (Å²) in [4.78, 5) is 0. The molecule has 21 heavy (non-hydrogen) atoms. The molecule has 0 spiro atoms. The Morgan fingerprint density at radius 2 is 1.90 bits per heavy atom. The summed E-state index contributed by atoms with van der Waals surface area (Å²) in [6.45, 7) is 8.64. The third kappa shape index (κ3) is 5.03. The summed E-state index contributed by atoms with van der Waals surface area (Å²) < 4.78 is 11.3. The van der Waals surface area contributed by atoms with Crippen LogP contribution in [0.25, 0.3) is 0 Å². The summed E-state index contributed by atoms with van der Waals surface area (Å²) in [6, 6.07) is 12.4. The van der Waals surface area contributed by atoms with E-state index in [4.69, 9.17) is 9.15 Å². The topological polar surface area (TPSA) is 34.4 Å². The fraction of sp³-hybridized carbons (Fsp3) is 0.444. The Hall–Kier alpha value is -1.58. The second-order valence-corrected chi connectivity index (χ2v) is 5.81. The molecule has 3 heteroatoms. The van der Waals surface area contributed by atoms with E-state index >= 15 is 0 Å². The van der Waals surface area contributed by atoms with Crippen molar-refractivity contribution in [1.82, 2.24) is 5.32 Å². The lowest BCUT2D eigenvalue weighted by Gasteiger charge is -2.18. The van der Waals surface area contributed by atoms with Gasteiger partial charge in [-0.2, -0.15) is 0 Å². The Kier molecular flexibility index (Phi) is 6.03. The fourth-order valence-corrected chi connectivity index (χ4v) is 2.19. The first-order chi connectivity index (χ1) is 10.2. The summed E-state index contributed by atoms with van der Waals surface area (Å²) in [7, 11) is 0. The van der Waals surface area contributed by atoms with Gasteiger partial charge in [-0.05, 0) is 36.1 Å². The van der Waals surface area contributed by atoms with E-state index in [1.54, 1.807) is 6.26 Å². The molecule has 3 nitrogen and oxygen atoms in total. The van der Waals surface area contributed by atoms with Gasteiger partial charge in [0, 0.05) is 13.2 Å². The van der Waals surface area contributed by atoms with Crippen molar-refractivity contribution in [2.75, 3.05) is 13.2 Å². The van der Waals surface area contributed by atoms with Gasteiger partial charge in [-0.15, -0.1) is 0 Å². The molecule has 1 aromatic carbocycles. The Morgan fingerprint density at radius 3 is 2.57 bits per heavy atom. The van der Waals surface area contributed by atoms with E-state index in [1.165, 1.54) is 11.1 Å². The highest BCUT2D eigenvalue weighted by Crippen LogP contribution is 2.16. The van der Waals surface area contributed by atoms with E-state index in [-0.39, 0.29) is 6.04 Å². The monoisotopic (exact) mass is 287 g/mol. The molecule has 0 radical (unpaired) electrons. The van der Waals surface area contributed by atoms with Crippen molar-refractivity contribution >= 4 is 0 Å². The van der Waals surface area contributed by atoms with Crippen molar-refractivity contribution in [3.05, 3.63) is 59.5 Å². The van der Waals surface area contributed by atoms with Crippen molar-refractivity contribution in [3.8, 4) is 0 Å².